The largest absolute Gasteiger partial charge is 0.464 e. The van der Waals surface area contributed by atoms with Crippen LogP contribution in [0.2, 0.25) is 0 Å². The van der Waals surface area contributed by atoms with Gasteiger partial charge in [0.05, 0.1) is 13.7 Å². The number of nitrogens with zero attached hydrogens (tertiary/aromatic N) is 1. The Balaban J connectivity index is 2.67. The first kappa shape index (κ1) is 16.0. The summed E-state index contributed by atoms with van der Waals surface area (Å²) in [6.07, 6.45) is -0.0717. The van der Waals surface area contributed by atoms with Crippen molar-refractivity contribution in [3.05, 3.63) is 17.3 Å². The lowest BCUT2D eigenvalue weighted by Gasteiger charge is -2.19. The molecule has 0 bridgehead atoms. The molecule has 1 aromatic heterocycles. The van der Waals surface area contributed by atoms with Gasteiger partial charge in [-0.3, -0.25) is 0 Å². The first-order chi connectivity index (χ1) is 9.26. The van der Waals surface area contributed by atoms with Crippen LogP contribution >= 0.6 is 0 Å². The molecule has 7 heteroatoms. The number of aryl methyl sites for hydroxylation is 1. The van der Waals surface area contributed by atoms with Crippen LogP contribution in [0.4, 0.5) is 4.79 Å². The molecule has 0 aromatic carbocycles. The molecule has 0 aliphatic heterocycles. The van der Waals surface area contributed by atoms with E-state index in [1.54, 1.807) is 20.8 Å². The summed E-state index contributed by atoms with van der Waals surface area (Å²) in [5.74, 6) is 0.0973. The van der Waals surface area contributed by atoms with Gasteiger partial charge < -0.3 is 19.2 Å². The number of hydrogen-bond acceptors (Lipinski definition) is 6. The second-order valence-electron chi connectivity index (χ2n) is 5.08. The zero-order chi connectivity index (χ0) is 15.3. The first-order valence-electron chi connectivity index (χ1n) is 6.30. The maximum atomic E-state index is 11.5. The Bertz CT molecular complexity index is 487. The predicted molar refractivity (Wildman–Crippen MR) is 70.3 cm³/mol. The van der Waals surface area contributed by atoms with Crippen LogP contribution in [0.3, 0.4) is 0 Å². The fourth-order valence-corrected chi connectivity index (χ4v) is 1.43. The van der Waals surface area contributed by atoms with Gasteiger partial charge in [-0.15, -0.1) is 0 Å². The molecule has 0 saturated heterocycles. The van der Waals surface area contributed by atoms with Crippen LogP contribution in [0.5, 0.6) is 0 Å². The van der Waals surface area contributed by atoms with E-state index in [4.69, 9.17) is 9.15 Å². The van der Waals surface area contributed by atoms with Gasteiger partial charge in [0.15, 0.2) is 5.69 Å². The van der Waals surface area contributed by atoms with Gasteiger partial charge in [-0.05, 0) is 20.8 Å². The van der Waals surface area contributed by atoms with Gasteiger partial charge in [0.1, 0.15) is 11.4 Å². The molecular formula is C13H20N2O5. The second kappa shape index (κ2) is 6.40. The molecule has 0 spiro atoms. The van der Waals surface area contributed by atoms with Crippen LogP contribution in [0.25, 0.3) is 0 Å². The quantitative estimate of drug-likeness (QED) is 0.851. The Morgan fingerprint density at radius 3 is 2.50 bits per heavy atom. The van der Waals surface area contributed by atoms with E-state index in [1.165, 1.54) is 7.11 Å². The van der Waals surface area contributed by atoms with Crippen molar-refractivity contribution in [2.24, 2.45) is 0 Å². The Morgan fingerprint density at radius 2 is 2.00 bits per heavy atom. The number of carbonyl (C=O) groups is 2. The zero-order valence-corrected chi connectivity index (χ0v) is 12.4. The molecule has 0 atom stereocenters. The summed E-state index contributed by atoms with van der Waals surface area (Å²) in [6.45, 7) is 7.17. The SMILES string of the molecule is CCc1oc(CNC(=O)OC(C)(C)C)nc1C(=O)OC. The van der Waals surface area contributed by atoms with E-state index in [-0.39, 0.29) is 18.1 Å². The number of oxazole rings is 1. The lowest BCUT2D eigenvalue weighted by atomic mass is 10.2. The normalized spacial score (nSPS) is 11.1. The minimum atomic E-state index is -0.577. The lowest BCUT2D eigenvalue weighted by molar-refractivity contribution is 0.0518. The molecule has 1 N–H and O–H groups in total. The number of methoxy groups -OCH3 is 1. The summed E-state index contributed by atoms with van der Waals surface area (Å²) in [5, 5.41) is 2.51. The van der Waals surface area contributed by atoms with Crippen molar-refractivity contribution < 1.29 is 23.5 Å². The van der Waals surface area contributed by atoms with Gasteiger partial charge >= 0.3 is 12.1 Å². The third kappa shape index (κ3) is 4.56. The van der Waals surface area contributed by atoms with Gasteiger partial charge in [0, 0.05) is 6.42 Å². The Kier molecular flexibility index (Phi) is 5.12. The van der Waals surface area contributed by atoms with Crippen LogP contribution in [0.1, 0.15) is 49.8 Å². The number of alkyl carbamates (subject to hydrolysis) is 1. The fourth-order valence-electron chi connectivity index (χ4n) is 1.43. The van der Waals surface area contributed by atoms with Crippen molar-refractivity contribution in [3.8, 4) is 0 Å². The summed E-state index contributed by atoms with van der Waals surface area (Å²) in [7, 11) is 1.27. The molecule has 0 unspecified atom stereocenters. The van der Waals surface area contributed by atoms with Crippen molar-refractivity contribution in [3.63, 3.8) is 0 Å². The van der Waals surface area contributed by atoms with Crippen molar-refractivity contribution >= 4 is 12.1 Å². The number of ether oxygens (including phenoxy) is 2. The topological polar surface area (TPSA) is 90.7 Å². The number of carbonyl (C=O) groups excluding carboxylic acids is 2. The highest BCUT2D eigenvalue weighted by Crippen LogP contribution is 2.13. The van der Waals surface area contributed by atoms with Crippen molar-refractivity contribution in [2.45, 2.75) is 46.3 Å². The smallest absolute Gasteiger partial charge is 0.408 e. The molecule has 1 heterocycles. The van der Waals surface area contributed by atoms with Gasteiger partial charge in [-0.1, -0.05) is 6.92 Å². The van der Waals surface area contributed by atoms with Crippen LogP contribution in [0.15, 0.2) is 4.42 Å². The highest BCUT2D eigenvalue weighted by atomic mass is 16.6. The molecule has 7 nitrogen and oxygen atoms in total. The van der Waals surface area contributed by atoms with E-state index >= 15 is 0 Å². The molecule has 0 radical (unpaired) electrons. The molecule has 0 aliphatic carbocycles. The van der Waals surface area contributed by atoms with Gasteiger partial charge in [0.25, 0.3) is 0 Å². The molecule has 0 aliphatic rings. The fraction of sp³-hybridized carbons (Fsp3) is 0.615. The molecule has 1 rings (SSSR count). The van der Waals surface area contributed by atoms with Gasteiger partial charge in [-0.2, -0.15) is 0 Å². The molecule has 0 saturated carbocycles. The van der Waals surface area contributed by atoms with Crippen LogP contribution in [0, 0.1) is 0 Å². The average molecular weight is 284 g/mol. The minimum absolute atomic E-state index is 0.0406. The highest BCUT2D eigenvalue weighted by molar-refractivity contribution is 5.88. The van der Waals surface area contributed by atoms with E-state index in [2.05, 4.69) is 15.0 Å². The third-order valence-corrected chi connectivity index (χ3v) is 2.22. The number of aromatic nitrogens is 1. The van der Waals surface area contributed by atoms with Crippen LogP contribution in [-0.4, -0.2) is 29.8 Å². The van der Waals surface area contributed by atoms with Gasteiger partial charge in [-0.25, -0.2) is 14.6 Å². The van der Waals surface area contributed by atoms with Crippen molar-refractivity contribution in [1.82, 2.24) is 10.3 Å². The van der Waals surface area contributed by atoms with E-state index in [0.717, 1.165) is 0 Å². The average Bonchev–Trinajstić information content (AvgIpc) is 2.76. The summed E-state index contributed by atoms with van der Waals surface area (Å²) < 4.78 is 15.1. The summed E-state index contributed by atoms with van der Waals surface area (Å²) >= 11 is 0. The van der Waals surface area contributed by atoms with E-state index < -0.39 is 17.7 Å². The molecular weight excluding hydrogens is 264 g/mol. The Labute approximate surface area is 117 Å². The molecule has 1 amide bonds. The zero-order valence-electron chi connectivity index (χ0n) is 12.4. The third-order valence-electron chi connectivity index (χ3n) is 2.22. The predicted octanol–water partition coefficient (Wildman–Crippen LogP) is 2.05. The first-order valence-corrected chi connectivity index (χ1v) is 6.30. The van der Waals surface area contributed by atoms with Crippen LogP contribution < -0.4 is 5.32 Å². The number of amides is 1. The Morgan fingerprint density at radius 1 is 1.35 bits per heavy atom. The number of esters is 1. The lowest BCUT2D eigenvalue weighted by Crippen LogP contribution is -2.32. The maximum Gasteiger partial charge on any atom is 0.408 e. The minimum Gasteiger partial charge on any atom is -0.464 e. The maximum absolute atomic E-state index is 11.5. The van der Waals surface area contributed by atoms with Gasteiger partial charge in [0.2, 0.25) is 5.89 Å². The van der Waals surface area contributed by atoms with E-state index in [0.29, 0.717) is 12.2 Å². The van der Waals surface area contributed by atoms with Crippen LogP contribution in [-0.2, 0) is 22.4 Å². The molecule has 20 heavy (non-hydrogen) atoms. The summed E-state index contributed by atoms with van der Waals surface area (Å²) in [5.41, 5.74) is -0.442. The second-order valence-corrected chi connectivity index (χ2v) is 5.08. The monoisotopic (exact) mass is 284 g/mol. The van der Waals surface area contributed by atoms with E-state index in [1.807, 2.05) is 6.92 Å². The summed E-state index contributed by atoms with van der Waals surface area (Å²) in [4.78, 5) is 27.0. The number of hydrogen-bond donors (Lipinski definition) is 1. The molecule has 112 valence electrons. The van der Waals surface area contributed by atoms with E-state index in [9.17, 15) is 9.59 Å². The van der Waals surface area contributed by atoms with Crippen molar-refractivity contribution in [1.29, 1.82) is 0 Å². The standard InChI is InChI=1S/C13H20N2O5/c1-6-8-10(11(16)18-5)15-9(19-8)7-14-12(17)20-13(2,3)4/h6-7H2,1-5H3,(H,14,17). The number of nitrogens with one attached hydrogen (secondary N) is 1. The summed E-state index contributed by atoms with van der Waals surface area (Å²) in [6, 6.07) is 0. The molecule has 1 aromatic rings. The highest BCUT2D eigenvalue weighted by Gasteiger charge is 2.20. The Hall–Kier alpha value is -2.05. The number of rotatable bonds is 4. The molecule has 0 fully saturated rings. The van der Waals surface area contributed by atoms with Crippen molar-refractivity contribution in [2.75, 3.05) is 7.11 Å².